The van der Waals surface area contributed by atoms with Gasteiger partial charge in [-0.05, 0) is 129 Å². The maximum atomic E-state index is 16.6. The van der Waals surface area contributed by atoms with Crippen molar-refractivity contribution in [1.82, 2.24) is 0 Å². The summed E-state index contributed by atoms with van der Waals surface area (Å²) in [7, 11) is 0. The molecule has 13 aliphatic rings. The molecule has 0 spiro atoms. The normalized spacial score (nSPS) is 47.6. The van der Waals surface area contributed by atoms with Crippen molar-refractivity contribution in [3.8, 4) is 0 Å². The summed E-state index contributed by atoms with van der Waals surface area (Å²) >= 11 is 0. The summed E-state index contributed by atoms with van der Waals surface area (Å²) in [5.74, 6) is -6.78. The fourth-order valence-electron chi connectivity index (χ4n) is 24.0. The van der Waals surface area contributed by atoms with Crippen molar-refractivity contribution in [3.63, 3.8) is 0 Å². The number of allylic oxidation sites excluding steroid dienone is 2. The molecule has 0 radical (unpaired) electrons. The third-order valence-corrected chi connectivity index (χ3v) is 33.0. The van der Waals surface area contributed by atoms with Crippen LogP contribution in [-0.4, -0.2) is 394 Å². The Bertz CT molecular complexity index is 3920. The summed E-state index contributed by atoms with van der Waals surface area (Å²) in [5, 5.41) is 210. The Balaban J connectivity index is 0.780. The zero-order valence-corrected chi connectivity index (χ0v) is 78.3. The number of carbonyl (C=O) groups excluding carboxylic acids is 4. The molecule has 8 aliphatic heterocycles. The molecule has 8 saturated heterocycles. The fourth-order valence-corrected chi connectivity index (χ4v) is 24.0. The van der Waals surface area contributed by atoms with E-state index in [1.54, 1.807) is 13.8 Å². The van der Waals surface area contributed by atoms with Crippen molar-refractivity contribution < 1.29 is 206 Å². The van der Waals surface area contributed by atoms with Crippen LogP contribution in [0.1, 0.15) is 199 Å². The van der Waals surface area contributed by atoms with Crippen molar-refractivity contribution in [2.75, 3.05) is 39.6 Å². The first-order valence-electron chi connectivity index (χ1n) is 47.9. The van der Waals surface area contributed by atoms with Crippen LogP contribution < -0.4 is 0 Å². The Kier molecular flexibility index (Phi) is 34.9. The molecule has 42 nitrogen and oxygen atoms in total. The van der Waals surface area contributed by atoms with Crippen molar-refractivity contribution >= 4 is 30.2 Å². The molecule has 19 N–H and O–H groups in total. The molecule has 0 amide bonds. The summed E-state index contributed by atoms with van der Waals surface area (Å²) in [6.45, 7) is 19.8. The maximum Gasteiger partial charge on any atom is 0.335 e. The summed E-state index contributed by atoms with van der Waals surface area (Å²) in [4.78, 5) is 72.2. The Morgan fingerprint density at radius 2 is 1.09 bits per heavy atom. The highest BCUT2D eigenvalue weighted by Crippen LogP contribution is 2.76. The zero-order valence-electron chi connectivity index (χ0n) is 78.3. The van der Waals surface area contributed by atoms with Gasteiger partial charge in [-0.1, -0.05) is 93.7 Å². The largest absolute Gasteiger partial charge is 0.479 e. The standard InChI is InChI=1S/C92H148O42/c1-13-39(3)51(122-59(102)27-45(98)26-52(40(4)14-2)124-82-69(110)66(107)55(34-95)125-82)25-44(97)28-60(103)128-75-63(104)41(5)120-85(78(75)133-84-72(113)76(132-83-70(111)68(109)65(106)54(33-94)126-83)73(42(6)121-84)130-81-71(112)74(50(101)37-119-81)131-80-64(105)43(32-93)35-118-80)134-86(116)92-23-21-87(7,8)31-47(92)46-15-16-57-88(9)19-18-58(89(10,38-96)56(88)17-20-91(57,12)90(46,11)22-24-92)127-62-30-53(67(108)77(129-62)79(114)115)123-61-29-48(99)49(100)36-117-61/h15,38-45,47-58,61-78,80-85,93-95,97-101,104-113H,13-14,16-37H2,1-12H3,(H,114,115)/t39-,40-,41+,42-,43-,44-,45-,47-,48+,49+,50+,51-,52-,53+,54+,55-,56+,57?,58-,61-,62+,63-,64+,65+,66-,67-,68-,69+,70+,71+,72+,73-,74-,75-,76-,77-,78+,80-,81-,82+,83-,84-,85-,88-,89-,90+,91+,92-/m0/s1. The number of ether oxygens (including phenoxy) is 18. The van der Waals surface area contributed by atoms with Crippen LogP contribution in [0.4, 0.5) is 0 Å². The van der Waals surface area contributed by atoms with Gasteiger partial charge >= 0.3 is 23.9 Å². The van der Waals surface area contributed by atoms with E-state index in [9.17, 15) is 116 Å². The lowest BCUT2D eigenvalue weighted by Gasteiger charge is -2.71. The van der Waals surface area contributed by atoms with Gasteiger partial charge in [-0.3, -0.25) is 14.4 Å². The average molecular weight is 1930 g/mol. The van der Waals surface area contributed by atoms with Gasteiger partial charge in [-0.15, -0.1) is 0 Å². The number of fused-ring (bicyclic) bond motifs is 7. The molecule has 8 heterocycles. The lowest BCUT2D eigenvalue weighted by Crippen LogP contribution is -2.68. The maximum absolute atomic E-state index is 16.6. The smallest absolute Gasteiger partial charge is 0.335 e. The molecule has 12 fully saturated rings. The van der Waals surface area contributed by atoms with Gasteiger partial charge in [0.25, 0.3) is 0 Å². The van der Waals surface area contributed by atoms with E-state index in [0.29, 0.717) is 64.2 Å². The van der Waals surface area contributed by atoms with Gasteiger partial charge in [0.05, 0.1) is 112 Å². The van der Waals surface area contributed by atoms with E-state index in [1.807, 2.05) is 20.8 Å². The topological polar surface area (TPSA) is 636 Å². The van der Waals surface area contributed by atoms with Crippen LogP contribution in [0.15, 0.2) is 11.6 Å². The van der Waals surface area contributed by atoms with Gasteiger partial charge in [0, 0.05) is 31.6 Å². The first-order valence-corrected chi connectivity index (χ1v) is 47.9. The number of aliphatic hydroxyl groups excluding tert-OH is 18. The number of carbonyl (C=O) groups is 5. The molecule has 0 bridgehead atoms. The van der Waals surface area contributed by atoms with Crippen molar-refractivity contribution in [1.29, 1.82) is 0 Å². The highest BCUT2D eigenvalue weighted by Gasteiger charge is 2.72. The number of aliphatic carboxylic acids is 1. The SMILES string of the molecule is CC[C@H](C)[C@H](C[C@H](O)CC(=O)O[C@H]1[C@@H](O)[C@@H](C)O[C@@H](OC(=O)[C@]23CCC(C)(C)C[C@H]2C2=CCC4[C@@]5(C)CC[C@H](O[C@H]6C[C@@H](O[C@H]7C[C@@H](O)[C@H](O)CO7)[C@H](O)[C@@H](C(=O)O)O6)[C@@](C)(C=O)[C@@H]5CC[C@@]4(C)[C@]2(C)CC3)[C@@H]1O[C@@H]1O[C@@H](C)[C@H](O[C@@H]2OC[C@@H](O)[C@H](O[C@@H]3OC[C@H](CO)[C@H]3O)[C@H]2O)[C@@H](O[C@@H]2O[C@H](CO)[C@@H](O)[C@H](O)[C@H]2O)[C@H]1O)OC(=O)C[C@@H](O)C[C@H](O[C@@H]1O[C@@H](CO)[C@H](O)[C@H]1O)[C@@H](C)CC. The van der Waals surface area contributed by atoms with Crippen molar-refractivity contribution in [2.24, 2.45) is 68.0 Å². The molecule has 0 aromatic heterocycles. The average Bonchev–Trinajstić information content (AvgIpc) is 0.693. The van der Waals surface area contributed by atoms with E-state index >= 15 is 4.79 Å². The van der Waals surface area contributed by atoms with Crippen LogP contribution in [-0.2, 0) is 109 Å². The molecule has 4 saturated carbocycles. The monoisotopic (exact) mass is 1920 g/mol. The third kappa shape index (κ3) is 21.6. The highest BCUT2D eigenvalue weighted by molar-refractivity contribution is 5.79. The molecule has 42 heteroatoms. The van der Waals surface area contributed by atoms with Crippen LogP contribution in [0.2, 0.25) is 0 Å². The molecule has 1 unspecified atom stereocenters. The molecule has 134 heavy (non-hydrogen) atoms. The Morgan fingerprint density at radius 3 is 1.74 bits per heavy atom. The van der Waals surface area contributed by atoms with E-state index in [-0.39, 0.29) is 68.5 Å². The Morgan fingerprint density at radius 1 is 0.507 bits per heavy atom. The number of carboxylic acid groups (broad SMARTS) is 1. The molecule has 768 valence electrons. The van der Waals surface area contributed by atoms with Crippen LogP contribution >= 0.6 is 0 Å². The van der Waals surface area contributed by atoms with Gasteiger partial charge < -0.3 is 187 Å². The molecular formula is C92H148O42. The van der Waals surface area contributed by atoms with E-state index < -0.39 is 342 Å². The number of esters is 3. The second kappa shape index (κ2) is 43.6. The van der Waals surface area contributed by atoms with Gasteiger partial charge in [0.2, 0.25) is 6.29 Å². The minimum absolute atomic E-state index is 0.0614. The number of rotatable bonds is 35. The number of aldehydes is 1. The predicted molar refractivity (Wildman–Crippen MR) is 452 cm³/mol. The number of hydrogen-bond donors (Lipinski definition) is 19. The van der Waals surface area contributed by atoms with Crippen LogP contribution in [0, 0.1) is 68.0 Å². The Labute approximate surface area is 778 Å². The minimum atomic E-state index is -2.29. The summed E-state index contributed by atoms with van der Waals surface area (Å²) in [5.41, 5.74) is -3.46. The van der Waals surface area contributed by atoms with E-state index in [2.05, 4.69) is 40.7 Å². The van der Waals surface area contributed by atoms with Gasteiger partial charge in [-0.2, -0.15) is 0 Å². The summed E-state index contributed by atoms with van der Waals surface area (Å²) in [6, 6.07) is 0. The molecule has 5 aliphatic carbocycles. The van der Waals surface area contributed by atoms with Crippen LogP contribution in [0.3, 0.4) is 0 Å². The Hall–Kier alpha value is -4.03. The van der Waals surface area contributed by atoms with Crippen LogP contribution in [0.5, 0.6) is 0 Å². The fraction of sp³-hybridized carbons (Fsp3) is 0.924. The second-order valence-electron chi connectivity index (χ2n) is 42.0. The highest BCUT2D eigenvalue weighted by atomic mass is 16.8. The van der Waals surface area contributed by atoms with E-state index in [4.69, 9.17) is 85.3 Å². The van der Waals surface area contributed by atoms with Gasteiger partial charge in [0.15, 0.2) is 62.3 Å². The van der Waals surface area contributed by atoms with E-state index in [0.717, 1.165) is 11.9 Å². The molecule has 48 atom stereocenters. The predicted octanol–water partition coefficient (Wildman–Crippen LogP) is -1.71. The quantitative estimate of drug-likeness (QED) is 0.0110. The minimum Gasteiger partial charge on any atom is -0.479 e. The number of carboxylic acids is 1. The first kappa shape index (κ1) is 107. The van der Waals surface area contributed by atoms with Gasteiger partial charge in [-0.25, -0.2) is 4.79 Å². The second-order valence-corrected chi connectivity index (χ2v) is 42.0. The number of aliphatic hydroxyl groups is 18. The third-order valence-electron chi connectivity index (χ3n) is 33.0. The lowest BCUT2D eigenvalue weighted by molar-refractivity contribution is -0.396. The molecular weight excluding hydrogens is 1780 g/mol. The van der Waals surface area contributed by atoms with Crippen molar-refractivity contribution in [2.45, 2.75) is 426 Å². The lowest BCUT2D eigenvalue weighted by atomic mass is 9.33. The summed E-state index contributed by atoms with van der Waals surface area (Å²) in [6.07, 6.45) is -53.2. The zero-order chi connectivity index (χ0) is 97.8. The van der Waals surface area contributed by atoms with Gasteiger partial charge in [0.1, 0.15) is 116 Å². The van der Waals surface area contributed by atoms with Crippen molar-refractivity contribution in [3.05, 3.63) is 11.6 Å². The summed E-state index contributed by atoms with van der Waals surface area (Å²) < 4.78 is 111. The molecule has 13 rings (SSSR count). The molecule has 0 aromatic rings. The molecule has 0 aromatic carbocycles. The van der Waals surface area contributed by atoms with E-state index in [1.165, 1.54) is 13.8 Å². The first-order chi connectivity index (χ1) is 63.2. The van der Waals surface area contributed by atoms with Crippen LogP contribution in [0.25, 0.3) is 0 Å². The number of hydrogen-bond acceptors (Lipinski definition) is 41.